The third-order valence-electron chi connectivity index (χ3n) is 6.89. The van der Waals surface area contributed by atoms with Crippen molar-refractivity contribution in [2.24, 2.45) is 7.05 Å². The van der Waals surface area contributed by atoms with Crippen molar-refractivity contribution in [1.82, 2.24) is 40.1 Å². The van der Waals surface area contributed by atoms with Gasteiger partial charge in [-0.3, -0.25) is 9.78 Å². The van der Waals surface area contributed by atoms with Crippen LogP contribution in [0.15, 0.2) is 12.3 Å². The van der Waals surface area contributed by atoms with E-state index in [-0.39, 0.29) is 24.8 Å². The first kappa shape index (κ1) is 25.0. The van der Waals surface area contributed by atoms with E-state index in [9.17, 15) is 5.11 Å². The third kappa shape index (κ3) is 4.49. The summed E-state index contributed by atoms with van der Waals surface area (Å²) >= 11 is 0. The molecule has 0 radical (unpaired) electrons. The molecule has 1 aliphatic rings. The topological polar surface area (TPSA) is 128 Å². The minimum absolute atomic E-state index is 0.00845. The zero-order valence-corrected chi connectivity index (χ0v) is 22.1. The SMILES string of the molecule is CCOc1nn([C@@H](C)CO)c2c1/C=C/c1[nH]nc3ncc(cc13)-c1c(C)nn(C)c1OC(C)[C@@H](C)NC2. The molecule has 11 heteroatoms. The molecule has 0 aromatic carbocycles. The van der Waals surface area contributed by atoms with Crippen molar-refractivity contribution in [1.29, 1.82) is 0 Å². The second kappa shape index (κ2) is 9.98. The molecular weight excluding hydrogens is 472 g/mol. The molecule has 1 unspecified atom stereocenters. The van der Waals surface area contributed by atoms with Gasteiger partial charge in [0, 0.05) is 36.8 Å². The van der Waals surface area contributed by atoms with Gasteiger partial charge >= 0.3 is 0 Å². The summed E-state index contributed by atoms with van der Waals surface area (Å²) in [5.41, 5.74) is 5.88. The molecule has 3 N–H and O–H groups in total. The van der Waals surface area contributed by atoms with E-state index in [1.165, 1.54) is 0 Å². The number of hydrogen-bond donors (Lipinski definition) is 3. The van der Waals surface area contributed by atoms with Crippen LogP contribution in [0.4, 0.5) is 0 Å². The molecule has 4 aromatic rings. The zero-order valence-electron chi connectivity index (χ0n) is 22.1. The first-order chi connectivity index (χ1) is 17.8. The number of aromatic nitrogens is 7. The Kier molecular flexibility index (Phi) is 6.74. The van der Waals surface area contributed by atoms with Gasteiger partial charge in [0.15, 0.2) is 5.65 Å². The van der Waals surface area contributed by atoms with E-state index in [1.54, 1.807) is 4.68 Å². The molecule has 0 fully saturated rings. The normalized spacial score (nSPS) is 19.5. The highest BCUT2D eigenvalue weighted by Crippen LogP contribution is 2.36. The van der Waals surface area contributed by atoms with E-state index in [0.29, 0.717) is 30.6 Å². The predicted molar refractivity (Wildman–Crippen MR) is 141 cm³/mol. The molecule has 0 amide bonds. The number of nitrogens with zero attached hydrogens (tertiary/aromatic N) is 6. The molecule has 5 heterocycles. The Balaban J connectivity index is 1.71. The fourth-order valence-corrected chi connectivity index (χ4v) is 4.64. The summed E-state index contributed by atoms with van der Waals surface area (Å²) in [6, 6.07) is 1.84. The van der Waals surface area contributed by atoms with E-state index in [2.05, 4.69) is 38.6 Å². The Hall–Kier alpha value is -3.70. The Bertz CT molecular complexity index is 1450. The molecule has 0 aliphatic carbocycles. The quantitative estimate of drug-likeness (QED) is 0.385. The lowest BCUT2D eigenvalue weighted by molar-refractivity contribution is 0.162. The number of hydrogen-bond acceptors (Lipinski definition) is 8. The van der Waals surface area contributed by atoms with Gasteiger partial charge in [0.05, 0.1) is 47.5 Å². The van der Waals surface area contributed by atoms with Crippen molar-refractivity contribution in [2.75, 3.05) is 13.2 Å². The van der Waals surface area contributed by atoms with Crippen LogP contribution in [0.1, 0.15) is 56.4 Å². The van der Waals surface area contributed by atoms with Crippen LogP contribution in [0.3, 0.4) is 0 Å². The average molecular weight is 507 g/mol. The number of aromatic amines is 1. The first-order valence-electron chi connectivity index (χ1n) is 12.6. The average Bonchev–Trinajstić information content (AvgIpc) is 3.53. The van der Waals surface area contributed by atoms with Gasteiger partial charge in [0.1, 0.15) is 6.10 Å². The Morgan fingerprint density at radius 3 is 2.84 bits per heavy atom. The summed E-state index contributed by atoms with van der Waals surface area (Å²) in [5.74, 6) is 1.21. The van der Waals surface area contributed by atoms with Crippen molar-refractivity contribution in [3.8, 4) is 22.9 Å². The van der Waals surface area contributed by atoms with Crippen LogP contribution in [0.2, 0.25) is 0 Å². The fraction of sp³-hybridized carbons (Fsp3) is 0.462. The lowest BCUT2D eigenvalue weighted by Crippen LogP contribution is -2.39. The van der Waals surface area contributed by atoms with Crippen molar-refractivity contribution in [3.05, 3.63) is 34.9 Å². The third-order valence-corrected chi connectivity index (χ3v) is 6.89. The number of aliphatic hydroxyl groups is 1. The Labute approximate surface area is 215 Å². The molecule has 0 spiro atoms. The maximum absolute atomic E-state index is 9.92. The zero-order chi connectivity index (χ0) is 26.3. The van der Waals surface area contributed by atoms with Gasteiger partial charge in [-0.1, -0.05) is 0 Å². The molecule has 2 bridgehead atoms. The van der Waals surface area contributed by atoms with E-state index in [1.807, 2.05) is 57.8 Å². The minimum Gasteiger partial charge on any atom is -0.476 e. The number of aryl methyl sites for hydroxylation is 2. The van der Waals surface area contributed by atoms with Crippen LogP contribution in [0.5, 0.6) is 11.8 Å². The smallest absolute Gasteiger partial charge is 0.240 e. The van der Waals surface area contributed by atoms with Crippen LogP contribution in [-0.2, 0) is 13.6 Å². The van der Waals surface area contributed by atoms with Gasteiger partial charge in [-0.05, 0) is 52.8 Å². The molecule has 4 aromatic heterocycles. The summed E-state index contributed by atoms with van der Waals surface area (Å²) in [7, 11) is 1.89. The lowest BCUT2D eigenvalue weighted by Gasteiger charge is -2.24. The Morgan fingerprint density at radius 1 is 1.27 bits per heavy atom. The molecule has 37 heavy (non-hydrogen) atoms. The molecule has 3 atom stereocenters. The second-order valence-electron chi connectivity index (χ2n) is 9.52. The standard InChI is InChI=1S/C26H34N8O3/c1-7-36-25-19-8-9-21-20-10-18(11-28-24(20)30-29-21)23-16(4)31-33(6)26(23)37-17(5)15(3)27-12-22(19)34(32-25)14(2)13-35/h8-11,14-15,17,27,35H,7,12-13H2,1-6H3,(H,28,29,30)/b9-8+/t14-,15+,17?/m0/s1. The summed E-state index contributed by atoms with van der Waals surface area (Å²) in [5, 5.41) is 31.2. The van der Waals surface area contributed by atoms with Crippen LogP contribution >= 0.6 is 0 Å². The molecule has 0 saturated heterocycles. The number of fused-ring (bicyclic) bond motifs is 4. The van der Waals surface area contributed by atoms with Crippen LogP contribution < -0.4 is 14.8 Å². The molecule has 5 rings (SSSR count). The molecule has 1 aliphatic heterocycles. The van der Waals surface area contributed by atoms with Crippen LogP contribution in [-0.4, -0.2) is 65.2 Å². The monoisotopic (exact) mass is 506 g/mol. The van der Waals surface area contributed by atoms with E-state index < -0.39 is 0 Å². The number of nitrogens with one attached hydrogen (secondary N) is 2. The first-order valence-corrected chi connectivity index (χ1v) is 12.6. The second-order valence-corrected chi connectivity index (χ2v) is 9.52. The molecule has 11 nitrogen and oxygen atoms in total. The number of pyridine rings is 1. The van der Waals surface area contributed by atoms with Gasteiger partial charge in [-0.25, -0.2) is 9.67 Å². The van der Waals surface area contributed by atoms with E-state index >= 15 is 0 Å². The van der Waals surface area contributed by atoms with Gasteiger partial charge < -0.3 is 19.9 Å². The van der Waals surface area contributed by atoms with Gasteiger partial charge in [-0.15, -0.1) is 5.10 Å². The van der Waals surface area contributed by atoms with Crippen molar-refractivity contribution < 1.29 is 14.6 Å². The fourth-order valence-electron chi connectivity index (χ4n) is 4.64. The number of H-pyrrole nitrogens is 1. The van der Waals surface area contributed by atoms with Crippen LogP contribution in [0, 0.1) is 6.92 Å². The minimum atomic E-state index is -0.219. The maximum Gasteiger partial charge on any atom is 0.240 e. The highest BCUT2D eigenvalue weighted by molar-refractivity contribution is 5.91. The maximum atomic E-state index is 9.92. The summed E-state index contributed by atoms with van der Waals surface area (Å²) in [4.78, 5) is 4.60. The summed E-state index contributed by atoms with van der Waals surface area (Å²) < 4.78 is 16.0. The van der Waals surface area contributed by atoms with Gasteiger partial charge in [0.25, 0.3) is 0 Å². The molecule has 196 valence electrons. The Morgan fingerprint density at radius 2 is 2.08 bits per heavy atom. The number of ether oxygens (including phenoxy) is 2. The van der Waals surface area contributed by atoms with Crippen molar-refractivity contribution in [3.63, 3.8) is 0 Å². The summed E-state index contributed by atoms with van der Waals surface area (Å²) in [6.07, 6.45) is 5.60. The highest BCUT2D eigenvalue weighted by Gasteiger charge is 2.25. The van der Waals surface area contributed by atoms with Gasteiger partial charge in [-0.2, -0.15) is 10.2 Å². The summed E-state index contributed by atoms with van der Waals surface area (Å²) in [6.45, 7) is 10.9. The van der Waals surface area contributed by atoms with Crippen LogP contribution in [0.25, 0.3) is 34.3 Å². The number of rotatable bonds is 4. The predicted octanol–water partition coefficient (Wildman–Crippen LogP) is 3.24. The molecule has 0 saturated carbocycles. The van der Waals surface area contributed by atoms with E-state index in [0.717, 1.165) is 39.2 Å². The largest absolute Gasteiger partial charge is 0.476 e. The number of aliphatic hydroxyl groups excluding tert-OH is 1. The molecular formula is C26H34N8O3. The van der Waals surface area contributed by atoms with Crippen molar-refractivity contribution >= 4 is 23.2 Å². The lowest BCUT2D eigenvalue weighted by atomic mass is 10.1. The van der Waals surface area contributed by atoms with E-state index in [4.69, 9.17) is 14.6 Å². The van der Waals surface area contributed by atoms with Gasteiger partial charge in [0.2, 0.25) is 11.8 Å². The highest BCUT2D eigenvalue weighted by atomic mass is 16.5. The van der Waals surface area contributed by atoms with Crippen molar-refractivity contribution in [2.45, 2.75) is 59.4 Å².